The van der Waals surface area contributed by atoms with Gasteiger partial charge in [-0.25, -0.2) is 4.98 Å². The zero-order chi connectivity index (χ0) is 10.1. The third kappa shape index (κ3) is 1.51. The first-order valence-corrected chi connectivity index (χ1v) is 4.94. The number of aromatic nitrogens is 2. The van der Waals surface area contributed by atoms with Gasteiger partial charge in [-0.1, -0.05) is 11.6 Å². The van der Waals surface area contributed by atoms with Gasteiger partial charge in [0.15, 0.2) is 10.1 Å². The van der Waals surface area contributed by atoms with Crippen molar-refractivity contribution in [1.29, 1.82) is 0 Å². The number of fused-ring (bicyclic) bond motifs is 1. The summed E-state index contributed by atoms with van der Waals surface area (Å²) >= 11 is 7.23. The Hall–Kier alpha value is -1.33. The van der Waals surface area contributed by atoms with E-state index < -0.39 is 5.97 Å². The first-order chi connectivity index (χ1) is 6.68. The molecule has 0 amide bonds. The van der Waals surface area contributed by atoms with Crippen molar-refractivity contribution in [1.82, 2.24) is 9.38 Å². The van der Waals surface area contributed by atoms with Crippen molar-refractivity contribution in [2.45, 2.75) is 0 Å². The van der Waals surface area contributed by atoms with Crippen molar-refractivity contribution < 1.29 is 9.90 Å². The highest BCUT2D eigenvalue weighted by molar-refractivity contribution is 7.15. The summed E-state index contributed by atoms with van der Waals surface area (Å²) in [6.45, 7) is 0. The third-order valence-corrected chi connectivity index (χ3v) is 2.67. The minimum atomic E-state index is -1.26. The van der Waals surface area contributed by atoms with Gasteiger partial charge in [0.1, 0.15) is 0 Å². The minimum absolute atomic E-state index is 0.286. The molecule has 0 N–H and O–H groups in total. The van der Waals surface area contributed by atoms with Crippen LogP contribution in [0.1, 0.15) is 5.69 Å². The zero-order valence-electron chi connectivity index (χ0n) is 6.81. The molecular weight excluding hydrogens is 224 g/mol. The van der Waals surface area contributed by atoms with Crippen LogP contribution in [-0.4, -0.2) is 15.4 Å². The van der Waals surface area contributed by atoms with E-state index in [0.717, 1.165) is 11.0 Å². The molecule has 14 heavy (non-hydrogen) atoms. The number of rotatable bonds is 2. The van der Waals surface area contributed by atoms with Crippen molar-refractivity contribution in [3.05, 3.63) is 28.5 Å². The van der Waals surface area contributed by atoms with E-state index in [1.165, 1.54) is 17.4 Å². The van der Waals surface area contributed by atoms with Gasteiger partial charge in [-0.3, -0.25) is 4.40 Å². The summed E-state index contributed by atoms with van der Waals surface area (Å²) in [5, 5.41) is 12.3. The lowest BCUT2D eigenvalue weighted by atomic mass is 10.4. The second-order valence-electron chi connectivity index (χ2n) is 2.50. The van der Waals surface area contributed by atoms with E-state index in [1.54, 1.807) is 10.6 Å². The maximum Gasteiger partial charge on any atom is 0.195 e. The van der Waals surface area contributed by atoms with Gasteiger partial charge in [0, 0.05) is 11.6 Å². The van der Waals surface area contributed by atoms with Gasteiger partial charge in [0.05, 0.1) is 11.7 Å². The van der Waals surface area contributed by atoms with E-state index >= 15 is 0 Å². The van der Waals surface area contributed by atoms with Crippen LogP contribution >= 0.6 is 22.9 Å². The summed E-state index contributed by atoms with van der Waals surface area (Å²) in [6, 6.07) is 0. The molecule has 2 aromatic rings. The highest BCUT2D eigenvalue weighted by Gasteiger charge is 2.07. The van der Waals surface area contributed by atoms with Crippen molar-refractivity contribution in [2.24, 2.45) is 0 Å². The van der Waals surface area contributed by atoms with Gasteiger partial charge in [0.25, 0.3) is 0 Å². The van der Waals surface area contributed by atoms with E-state index in [1.807, 2.05) is 5.38 Å². The Morgan fingerprint density at radius 3 is 3.21 bits per heavy atom. The van der Waals surface area contributed by atoms with E-state index in [-0.39, 0.29) is 5.15 Å². The predicted octanol–water partition coefficient (Wildman–Crippen LogP) is 0.812. The maximum atomic E-state index is 10.2. The largest absolute Gasteiger partial charge is 0.545 e. The highest BCUT2D eigenvalue weighted by atomic mass is 35.5. The lowest BCUT2D eigenvalue weighted by Crippen LogP contribution is -2.18. The SMILES string of the molecule is O=C([O-])/C=C/c1c(Cl)nc2sccn12. The van der Waals surface area contributed by atoms with Crippen molar-refractivity contribution in [3.8, 4) is 0 Å². The van der Waals surface area contributed by atoms with Gasteiger partial charge in [-0.2, -0.15) is 0 Å². The van der Waals surface area contributed by atoms with Gasteiger partial charge < -0.3 is 9.90 Å². The average molecular weight is 228 g/mol. The predicted molar refractivity (Wildman–Crippen MR) is 52.1 cm³/mol. The van der Waals surface area contributed by atoms with Gasteiger partial charge in [-0.05, 0) is 12.2 Å². The molecule has 2 heterocycles. The Bertz CT molecular complexity index is 514. The molecule has 0 saturated carbocycles. The molecule has 0 aliphatic carbocycles. The van der Waals surface area contributed by atoms with Crippen LogP contribution in [0.4, 0.5) is 0 Å². The van der Waals surface area contributed by atoms with Gasteiger partial charge in [-0.15, -0.1) is 11.3 Å². The van der Waals surface area contributed by atoms with E-state index in [0.29, 0.717) is 5.69 Å². The average Bonchev–Trinajstić information content (AvgIpc) is 2.61. The van der Waals surface area contributed by atoms with Crippen LogP contribution in [0.2, 0.25) is 5.15 Å². The molecule has 0 aliphatic rings. The monoisotopic (exact) mass is 227 g/mol. The molecule has 0 spiro atoms. The Kier molecular flexibility index (Phi) is 2.26. The molecule has 2 aromatic heterocycles. The Morgan fingerprint density at radius 2 is 2.50 bits per heavy atom. The number of hydrogen-bond acceptors (Lipinski definition) is 4. The number of imidazole rings is 1. The van der Waals surface area contributed by atoms with Crippen molar-refractivity contribution in [2.75, 3.05) is 0 Å². The first-order valence-electron chi connectivity index (χ1n) is 3.68. The third-order valence-electron chi connectivity index (χ3n) is 1.63. The second kappa shape index (κ2) is 3.43. The Morgan fingerprint density at radius 1 is 1.71 bits per heavy atom. The minimum Gasteiger partial charge on any atom is -0.545 e. The topological polar surface area (TPSA) is 57.4 Å². The van der Waals surface area contributed by atoms with Crippen LogP contribution in [0.3, 0.4) is 0 Å². The van der Waals surface area contributed by atoms with Crippen LogP contribution in [0.25, 0.3) is 11.0 Å². The molecule has 6 heteroatoms. The number of halogens is 1. The number of carbonyl (C=O) groups excluding carboxylic acids is 1. The quantitative estimate of drug-likeness (QED) is 0.714. The van der Waals surface area contributed by atoms with Crippen LogP contribution in [0.15, 0.2) is 17.7 Å². The van der Waals surface area contributed by atoms with E-state index in [9.17, 15) is 9.90 Å². The Balaban J connectivity index is 2.54. The van der Waals surface area contributed by atoms with E-state index in [2.05, 4.69) is 4.98 Å². The smallest absolute Gasteiger partial charge is 0.195 e. The summed E-state index contributed by atoms with van der Waals surface area (Å²) in [7, 11) is 0. The lowest BCUT2D eigenvalue weighted by molar-refractivity contribution is -0.297. The van der Waals surface area contributed by atoms with E-state index in [4.69, 9.17) is 11.6 Å². The Labute approximate surface area is 88.1 Å². The highest BCUT2D eigenvalue weighted by Crippen LogP contribution is 2.22. The van der Waals surface area contributed by atoms with Crippen LogP contribution < -0.4 is 5.11 Å². The summed E-state index contributed by atoms with van der Waals surface area (Å²) in [4.78, 5) is 15.0. The summed E-state index contributed by atoms with van der Waals surface area (Å²) < 4.78 is 1.71. The van der Waals surface area contributed by atoms with Crippen molar-refractivity contribution >= 4 is 39.9 Å². The van der Waals surface area contributed by atoms with Crippen LogP contribution in [0.5, 0.6) is 0 Å². The first kappa shape index (κ1) is 9.23. The van der Waals surface area contributed by atoms with Gasteiger partial charge in [0.2, 0.25) is 0 Å². The fourth-order valence-corrected chi connectivity index (χ4v) is 2.08. The van der Waals surface area contributed by atoms with Crippen LogP contribution in [0, 0.1) is 0 Å². The van der Waals surface area contributed by atoms with Gasteiger partial charge >= 0.3 is 0 Å². The normalized spacial score (nSPS) is 11.5. The number of nitrogens with zero attached hydrogens (tertiary/aromatic N) is 2. The fraction of sp³-hybridized carbons (Fsp3) is 0. The summed E-state index contributed by atoms with van der Waals surface area (Å²) in [5.74, 6) is -1.26. The maximum absolute atomic E-state index is 10.2. The molecule has 0 saturated heterocycles. The summed E-state index contributed by atoms with van der Waals surface area (Å²) in [5.41, 5.74) is 0.548. The number of carboxylic acid groups (broad SMARTS) is 1. The number of aliphatic carboxylic acids is 1. The van der Waals surface area contributed by atoms with Crippen molar-refractivity contribution in [3.63, 3.8) is 0 Å². The molecule has 0 bridgehead atoms. The number of carboxylic acids is 1. The molecule has 0 unspecified atom stereocenters. The van der Waals surface area contributed by atoms with Crippen LogP contribution in [-0.2, 0) is 4.79 Å². The molecule has 2 rings (SSSR count). The molecular formula is C8H4ClN2O2S-. The molecule has 0 aliphatic heterocycles. The molecule has 0 atom stereocenters. The number of hydrogen-bond donors (Lipinski definition) is 0. The lowest BCUT2D eigenvalue weighted by Gasteiger charge is -1.92. The molecule has 72 valence electrons. The summed E-state index contributed by atoms with van der Waals surface area (Å²) in [6.07, 6.45) is 4.06. The molecule has 0 radical (unpaired) electrons. The zero-order valence-corrected chi connectivity index (χ0v) is 8.38. The standard InChI is InChI=1S/C8H5ClN2O2S/c9-7-5(1-2-6(12)13)11-3-4-14-8(11)10-7/h1-4H,(H,12,13)/p-1/b2-1+. The molecule has 0 aromatic carbocycles. The number of thiazole rings is 1. The molecule has 0 fully saturated rings. The number of carbonyl (C=O) groups is 1. The second-order valence-corrected chi connectivity index (χ2v) is 3.73. The fourth-order valence-electron chi connectivity index (χ4n) is 1.07. The molecule has 4 nitrogen and oxygen atoms in total.